The van der Waals surface area contributed by atoms with Gasteiger partial charge in [0.05, 0.1) is 0 Å². The number of hydrogen-bond donors (Lipinski definition) is 0. The van der Waals surface area contributed by atoms with Gasteiger partial charge in [0.15, 0.2) is 5.78 Å². The summed E-state index contributed by atoms with van der Waals surface area (Å²) in [5.74, 6) is -0.255. The number of carbonyl (C=O) groups is 1. The van der Waals surface area contributed by atoms with Crippen LogP contribution in [0.15, 0.2) is 85.1 Å². The highest BCUT2D eigenvalue weighted by Gasteiger charge is 2.08. The van der Waals surface area contributed by atoms with Gasteiger partial charge in [-0.25, -0.2) is 4.39 Å². The lowest BCUT2D eigenvalue weighted by Gasteiger charge is -2.05. The maximum atomic E-state index is 13.2. The number of aryl methyl sites for hydroxylation is 1. The second-order valence-electron chi connectivity index (χ2n) is 6.92. The van der Waals surface area contributed by atoms with Gasteiger partial charge in [0.2, 0.25) is 0 Å². The van der Waals surface area contributed by atoms with Crippen molar-refractivity contribution in [2.24, 2.45) is 0 Å². The second-order valence-corrected chi connectivity index (χ2v) is 6.92. The lowest BCUT2D eigenvalue weighted by atomic mass is 10.1. The van der Waals surface area contributed by atoms with E-state index in [4.69, 9.17) is 0 Å². The van der Waals surface area contributed by atoms with E-state index in [2.05, 4.69) is 10.6 Å². The van der Waals surface area contributed by atoms with Crippen LogP contribution in [0.25, 0.3) is 17.0 Å². The largest absolute Gasteiger partial charge is 0.342 e. The number of fused-ring (bicyclic) bond motifs is 1. The first kappa shape index (κ1) is 17.9. The predicted molar refractivity (Wildman–Crippen MR) is 112 cm³/mol. The van der Waals surface area contributed by atoms with Gasteiger partial charge in [-0.3, -0.25) is 4.79 Å². The summed E-state index contributed by atoms with van der Waals surface area (Å²) in [6.07, 6.45) is 5.52. The van der Waals surface area contributed by atoms with Gasteiger partial charge < -0.3 is 4.57 Å². The van der Waals surface area contributed by atoms with Crippen LogP contribution < -0.4 is 0 Å². The number of aromatic nitrogens is 1. The van der Waals surface area contributed by atoms with Crippen LogP contribution in [0.4, 0.5) is 4.39 Å². The van der Waals surface area contributed by atoms with Crippen LogP contribution in [0.1, 0.15) is 27.0 Å². The number of ketones is 1. The van der Waals surface area contributed by atoms with Crippen molar-refractivity contribution in [3.05, 3.63) is 113 Å². The molecular weight excluding hydrogens is 349 g/mol. The number of halogens is 1. The molecule has 4 rings (SSSR count). The Labute approximate surface area is 163 Å². The van der Waals surface area contributed by atoms with Crippen LogP contribution in [-0.2, 0) is 6.54 Å². The van der Waals surface area contributed by atoms with Crippen molar-refractivity contribution in [1.29, 1.82) is 0 Å². The van der Waals surface area contributed by atoms with Crippen LogP contribution in [-0.4, -0.2) is 10.4 Å². The van der Waals surface area contributed by atoms with E-state index in [-0.39, 0.29) is 11.6 Å². The normalized spacial score (nSPS) is 11.4. The zero-order valence-electron chi connectivity index (χ0n) is 15.6. The van der Waals surface area contributed by atoms with Gasteiger partial charge in [0.1, 0.15) is 5.82 Å². The van der Waals surface area contributed by atoms with Crippen LogP contribution >= 0.6 is 0 Å². The van der Waals surface area contributed by atoms with E-state index < -0.39 is 0 Å². The Morgan fingerprint density at radius 1 is 0.964 bits per heavy atom. The molecule has 1 heterocycles. The Morgan fingerprint density at radius 3 is 2.43 bits per heavy atom. The minimum absolute atomic E-state index is 0.0182. The van der Waals surface area contributed by atoms with Crippen molar-refractivity contribution >= 4 is 22.8 Å². The van der Waals surface area contributed by atoms with Crippen molar-refractivity contribution in [3.8, 4) is 0 Å². The molecule has 0 saturated carbocycles. The molecule has 4 aromatic rings. The first-order valence-electron chi connectivity index (χ1n) is 9.21. The highest BCUT2D eigenvalue weighted by Crippen LogP contribution is 2.24. The van der Waals surface area contributed by atoms with E-state index in [0.29, 0.717) is 12.1 Å². The number of para-hydroxylation sites is 1. The van der Waals surface area contributed by atoms with Crippen molar-refractivity contribution in [1.82, 2.24) is 4.57 Å². The maximum absolute atomic E-state index is 13.2. The van der Waals surface area contributed by atoms with Gasteiger partial charge in [-0.15, -0.1) is 0 Å². The van der Waals surface area contributed by atoms with Crippen molar-refractivity contribution < 1.29 is 9.18 Å². The third kappa shape index (κ3) is 3.79. The molecule has 0 unspecified atom stereocenters. The summed E-state index contributed by atoms with van der Waals surface area (Å²) in [6.45, 7) is 2.64. The van der Waals surface area contributed by atoms with Crippen molar-refractivity contribution in [2.75, 3.05) is 0 Å². The molecule has 0 amide bonds. The summed E-state index contributed by atoms with van der Waals surface area (Å²) in [4.78, 5) is 12.5. The predicted octanol–water partition coefficient (Wildman–Crippen LogP) is 6.03. The molecule has 0 aliphatic rings. The van der Waals surface area contributed by atoms with Crippen molar-refractivity contribution in [3.63, 3.8) is 0 Å². The maximum Gasteiger partial charge on any atom is 0.185 e. The minimum atomic E-state index is -0.237. The zero-order valence-corrected chi connectivity index (χ0v) is 15.6. The summed E-state index contributed by atoms with van der Waals surface area (Å²) >= 11 is 0. The van der Waals surface area contributed by atoms with E-state index in [9.17, 15) is 9.18 Å². The average molecular weight is 369 g/mol. The second kappa shape index (κ2) is 7.65. The molecule has 0 saturated heterocycles. The van der Waals surface area contributed by atoms with E-state index in [0.717, 1.165) is 27.6 Å². The molecule has 1 aromatic heterocycles. The fourth-order valence-corrected chi connectivity index (χ4v) is 3.30. The molecule has 28 heavy (non-hydrogen) atoms. The van der Waals surface area contributed by atoms with Crippen molar-refractivity contribution in [2.45, 2.75) is 13.5 Å². The molecule has 2 nitrogen and oxygen atoms in total. The third-order valence-corrected chi connectivity index (χ3v) is 4.84. The first-order valence-corrected chi connectivity index (χ1v) is 9.21. The smallest absolute Gasteiger partial charge is 0.185 e. The summed E-state index contributed by atoms with van der Waals surface area (Å²) in [5, 5.41) is 1.08. The SMILES string of the molecule is Cc1ccc(C(=O)/C=C/c2cn(Cc3ccc(F)cc3)c3ccccc23)cc1. The first-order chi connectivity index (χ1) is 13.6. The van der Waals surface area contributed by atoms with Crippen LogP contribution in [0, 0.1) is 12.7 Å². The molecule has 0 fully saturated rings. The quantitative estimate of drug-likeness (QED) is 0.311. The number of carbonyl (C=O) groups excluding carboxylic acids is 1. The molecule has 0 aliphatic carbocycles. The molecule has 3 heteroatoms. The molecule has 138 valence electrons. The number of benzene rings is 3. The van der Waals surface area contributed by atoms with E-state index in [1.165, 1.54) is 12.1 Å². The molecule has 0 atom stereocenters. The summed E-state index contributed by atoms with van der Waals surface area (Å²) < 4.78 is 15.3. The van der Waals surface area contributed by atoms with Gasteiger partial charge in [-0.05, 0) is 42.8 Å². The lowest BCUT2D eigenvalue weighted by Crippen LogP contribution is -1.97. The Morgan fingerprint density at radius 2 is 1.68 bits per heavy atom. The topological polar surface area (TPSA) is 22.0 Å². The van der Waals surface area contributed by atoms with Gasteiger partial charge in [0.25, 0.3) is 0 Å². The lowest BCUT2D eigenvalue weighted by molar-refractivity contribution is 0.104. The summed E-state index contributed by atoms with van der Waals surface area (Å²) in [6, 6.07) is 22.2. The molecule has 0 radical (unpaired) electrons. The summed E-state index contributed by atoms with van der Waals surface area (Å²) in [5.41, 5.74) is 4.89. The monoisotopic (exact) mass is 369 g/mol. The third-order valence-electron chi connectivity index (χ3n) is 4.84. The van der Waals surface area contributed by atoms with Gasteiger partial charge in [0, 0.05) is 34.8 Å². The molecule has 3 aromatic carbocycles. The number of rotatable bonds is 5. The average Bonchev–Trinajstić information content (AvgIpc) is 3.06. The Kier molecular flexibility index (Phi) is 4.90. The summed E-state index contributed by atoms with van der Waals surface area (Å²) in [7, 11) is 0. The standard InChI is InChI=1S/C25H20FNO/c1-18-6-10-20(11-7-18)25(28)15-12-21-17-27(24-5-3-2-4-23(21)24)16-19-8-13-22(26)14-9-19/h2-15,17H,16H2,1H3/b15-12+. The van der Waals surface area contributed by atoms with Gasteiger partial charge >= 0.3 is 0 Å². The highest BCUT2D eigenvalue weighted by atomic mass is 19.1. The van der Waals surface area contributed by atoms with E-state index >= 15 is 0 Å². The van der Waals surface area contributed by atoms with Gasteiger partial charge in [-0.1, -0.05) is 60.2 Å². The molecule has 0 spiro atoms. The fraction of sp³-hybridized carbons (Fsp3) is 0.0800. The van der Waals surface area contributed by atoms with E-state index in [1.807, 2.05) is 61.7 Å². The van der Waals surface area contributed by atoms with E-state index in [1.54, 1.807) is 18.2 Å². The number of nitrogens with zero attached hydrogens (tertiary/aromatic N) is 1. The van der Waals surface area contributed by atoms with Gasteiger partial charge in [-0.2, -0.15) is 0 Å². The van der Waals surface area contributed by atoms with Crippen LogP contribution in [0.3, 0.4) is 0 Å². The Hall–Kier alpha value is -3.46. The Balaban J connectivity index is 1.64. The minimum Gasteiger partial charge on any atom is -0.342 e. The number of allylic oxidation sites excluding steroid dienone is 1. The molecule has 0 aliphatic heterocycles. The Bertz CT molecular complexity index is 1150. The van der Waals surface area contributed by atoms with Crippen LogP contribution in [0.5, 0.6) is 0 Å². The molecule has 0 N–H and O–H groups in total. The fourth-order valence-electron chi connectivity index (χ4n) is 3.30. The van der Waals surface area contributed by atoms with Crippen LogP contribution in [0.2, 0.25) is 0 Å². The highest BCUT2D eigenvalue weighted by molar-refractivity contribution is 6.07. The molecular formula is C25H20FNO. The zero-order chi connectivity index (χ0) is 19.5. The molecule has 0 bridgehead atoms. The number of hydrogen-bond acceptors (Lipinski definition) is 1.